The van der Waals surface area contributed by atoms with Crippen LogP contribution in [0.1, 0.15) is 22.3 Å². The summed E-state index contributed by atoms with van der Waals surface area (Å²) < 4.78 is 18.0. The van der Waals surface area contributed by atoms with E-state index in [1.54, 1.807) is 36.4 Å². The lowest BCUT2D eigenvalue weighted by atomic mass is 10.0. The third-order valence-corrected chi connectivity index (χ3v) is 3.71. The highest BCUT2D eigenvalue weighted by molar-refractivity contribution is 6.07. The summed E-state index contributed by atoms with van der Waals surface area (Å²) in [5.74, 6) is -1.40. The van der Waals surface area contributed by atoms with Crippen molar-refractivity contribution in [2.24, 2.45) is 5.16 Å². The topological polar surface area (TPSA) is 77.0 Å². The molecular formula is C18H15FN2O4. The number of anilines is 1. The fourth-order valence-corrected chi connectivity index (χ4v) is 2.45. The van der Waals surface area contributed by atoms with Gasteiger partial charge >= 0.3 is 5.97 Å². The number of hydrogen-bond donors (Lipinski definition) is 1. The molecule has 1 heterocycles. The quantitative estimate of drug-likeness (QED) is 0.867. The molecule has 0 aromatic heterocycles. The first kappa shape index (κ1) is 16.6. The van der Waals surface area contributed by atoms with Crippen molar-refractivity contribution in [3.8, 4) is 0 Å². The van der Waals surface area contributed by atoms with Crippen LogP contribution in [0.5, 0.6) is 0 Å². The van der Waals surface area contributed by atoms with E-state index in [0.29, 0.717) is 17.0 Å². The van der Waals surface area contributed by atoms with Crippen LogP contribution < -0.4 is 5.32 Å². The molecule has 0 radical (unpaired) electrons. The molecule has 0 saturated carbocycles. The summed E-state index contributed by atoms with van der Waals surface area (Å²) >= 11 is 0. The van der Waals surface area contributed by atoms with E-state index in [1.807, 2.05) is 0 Å². The Balaban J connectivity index is 1.69. The molecular weight excluding hydrogens is 327 g/mol. The summed E-state index contributed by atoms with van der Waals surface area (Å²) in [5.41, 5.74) is 1.61. The summed E-state index contributed by atoms with van der Waals surface area (Å²) in [6, 6.07) is 12.4. The molecule has 2 aromatic carbocycles. The lowest BCUT2D eigenvalue weighted by Gasteiger charge is -2.12. The van der Waals surface area contributed by atoms with E-state index >= 15 is 0 Å². The number of methoxy groups -OCH3 is 1. The number of nitrogens with zero attached hydrogens (tertiary/aromatic N) is 1. The molecule has 0 spiro atoms. The van der Waals surface area contributed by atoms with Gasteiger partial charge in [0.1, 0.15) is 5.82 Å². The first-order valence-electron chi connectivity index (χ1n) is 7.55. The van der Waals surface area contributed by atoms with Crippen molar-refractivity contribution in [1.29, 1.82) is 0 Å². The SMILES string of the molecule is COC(=O)c1ccccc1NC(=O)[C@H]1CC(c2cccc(F)c2)=NO1. The number of rotatable bonds is 4. The normalized spacial score (nSPS) is 15.9. The lowest BCUT2D eigenvalue weighted by Crippen LogP contribution is -2.28. The molecule has 3 rings (SSSR count). The Morgan fingerprint density at radius 2 is 2.04 bits per heavy atom. The van der Waals surface area contributed by atoms with E-state index in [0.717, 1.165) is 0 Å². The van der Waals surface area contributed by atoms with Gasteiger partial charge in [-0.1, -0.05) is 29.4 Å². The smallest absolute Gasteiger partial charge is 0.339 e. The van der Waals surface area contributed by atoms with Crippen LogP contribution in [0.15, 0.2) is 53.7 Å². The van der Waals surface area contributed by atoms with E-state index < -0.39 is 18.0 Å². The van der Waals surface area contributed by atoms with Gasteiger partial charge in [-0.25, -0.2) is 9.18 Å². The van der Waals surface area contributed by atoms with Gasteiger partial charge in [0.15, 0.2) is 0 Å². The third-order valence-electron chi connectivity index (χ3n) is 3.71. The van der Waals surface area contributed by atoms with Gasteiger partial charge in [0.05, 0.1) is 24.1 Å². The molecule has 0 fully saturated rings. The van der Waals surface area contributed by atoms with E-state index in [4.69, 9.17) is 9.57 Å². The molecule has 7 heteroatoms. The number of para-hydroxylation sites is 1. The van der Waals surface area contributed by atoms with Gasteiger partial charge < -0.3 is 14.9 Å². The highest BCUT2D eigenvalue weighted by atomic mass is 19.1. The first-order chi connectivity index (χ1) is 12.1. The Morgan fingerprint density at radius 1 is 1.24 bits per heavy atom. The Kier molecular flexibility index (Phi) is 4.74. The van der Waals surface area contributed by atoms with Crippen molar-refractivity contribution < 1.29 is 23.6 Å². The second kappa shape index (κ2) is 7.12. The van der Waals surface area contributed by atoms with E-state index in [9.17, 15) is 14.0 Å². The average molecular weight is 342 g/mol. The summed E-state index contributed by atoms with van der Waals surface area (Å²) in [5, 5.41) is 6.50. The molecule has 1 atom stereocenters. The average Bonchev–Trinajstić information content (AvgIpc) is 3.12. The maximum atomic E-state index is 13.3. The van der Waals surface area contributed by atoms with Crippen LogP contribution >= 0.6 is 0 Å². The van der Waals surface area contributed by atoms with Crippen LogP contribution in [0.4, 0.5) is 10.1 Å². The van der Waals surface area contributed by atoms with Crippen molar-refractivity contribution in [2.45, 2.75) is 12.5 Å². The van der Waals surface area contributed by atoms with Gasteiger partial charge in [0.2, 0.25) is 6.10 Å². The minimum atomic E-state index is -0.857. The van der Waals surface area contributed by atoms with Crippen LogP contribution in [-0.4, -0.2) is 30.8 Å². The molecule has 0 aliphatic carbocycles. The molecule has 1 aliphatic heterocycles. The number of esters is 1. The second-order valence-electron chi connectivity index (χ2n) is 5.37. The highest BCUT2D eigenvalue weighted by Crippen LogP contribution is 2.21. The van der Waals surface area contributed by atoms with Crippen molar-refractivity contribution in [2.75, 3.05) is 12.4 Å². The van der Waals surface area contributed by atoms with Crippen LogP contribution in [-0.2, 0) is 14.4 Å². The van der Waals surface area contributed by atoms with Gasteiger partial charge in [-0.3, -0.25) is 4.79 Å². The molecule has 0 saturated heterocycles. The zero-order chi connectivity index (χ0) is 17.8. The molecule has 1 amide bonds. The number of ether oxygens (including phenoxy) is 1. The van der Waals surface area contributed by atoms with Crippen molar-refractivity contribution in [3.63, 3.8) is 0 Å². The number of amides is 1. The minimum absolute atomic E-state index is 0.204. The van der Waals surface area contributed by atoms with Gasteiger partial charge in [-0.05, 0) is 24.3 Å². The predicted molar refractivity (Wildman–Crippen MR) is 88.8 cm³/mol. The zero-order valence-corrected chi connectivity index (χ0v) is 13.4. The summed E-state index contributed by atoms with van der Waals surface area (Å²) in [6.07, 6.45) is -0.653. The number of hydrogen-bond acceptors (Lipinski definition) is 5. The van der Waals surface area contributed by atoms with E-state index in [-0.39, 0.29) is 17.8 Å². The Morgan fingerprint density at radius 3 is 2.80 bits per heavy atom. The van der Waals surface area contributed by atoms with Gasteiger partial charge in [-0.15, -0.1) is 0 Å². The summed E-state index contributed by atoms with van der Waals surface area (Å²) in [4.78, 5) is 29.3. The first-order valence-corrected chi connectivity index (χ1v) is 7.55. The van der Waals surface area contributed by atoms with Gasteiger partial charge in [0.25, 0.3) is 5.91 Å². The predicted octanol–water partition coefficient (Wildman–Crippen LogP) is 2.74. The number of halogens is 1. The summed E-state index contributed by atoms with van der Waals surface area (Å²) in [7, 11) is 1.26. The largest absolute Gasteiger partial charge is 0.465 e. The lowest BCUT2D eigenvalue weighted by molar-refractivity contribution is -0.125. The fourth-order valence-electron chi connectivity index (χ4n) is 2.45. The molecule has 25 heavy (non-hydrogen) atoms. The van der Waals surface area contributed by atoms with E-state index in [2.05, 4.69) is 10.5 Å². The highest BCUT2D eigenvalue weighted by Gasteiger charge is 2.29. The van der Waals surface area contributed by atoms with E-state index in [1.165, 1.54) is 19.2 Å². The van der Waals surface area contributed by atoms with Gasteiger partial charge in [0, 0.05) is 12.0 Å². The molecule has 2 aromatic rings. The van der Waals surface area contributed by atoms with Crippen LogP contribution in [0.25, 0.3) is 0 Å². The zero-order valence-electron chi connectivity index (χ0n) is 13.4. The number of oxime groups is 1. The van der Waals surface area contributed by atoms with Crippen molar-refractivity contribution >= 4 is 23.3 Å². The van der Waals surface area contributed by atoms with Crippen LogP contribution in [0.2, 0.25) is 0 Å². The number of carbonyl (C=O) groups excluding carboxylic acids is 2. The maximum absolute atomic E-state index is 13.3. The maximum Gasteiger partial charge on any atom is 0.339 e. The Bertz CT molecular complexity index is 850. The van der Waals surface area contributed by atoms with Gasteiger partial charge in [-0.2, -0.15) is 0 Å². The minimum Gasteiger partial charge on any atom is -0.465 e. The molecule has 1 N–H and O–H groups in total. The third kappa shape index (κ3) is 3.65. The molecule has 0 bridgehead atoms. The molecule has 1 aliphatic rings. The van der Waals surface area contributed by atoms with Crippen LogP contribution in [0, 0.1) is 5.82 Å². The van der Waals surface area contributed by atoms with Crippen molar-refractivity contribution in [1.82, 2.24) is 0 Å². The Hall–Kier alpha value is -3.22. The number of carbonyl (C=O) groups is 2. The fraction of sp³-hybridized carbons (Fsp3) is 0.167. The molecule has 6 nitrogen and oxygen atoms in total. The number of benzene rings is 2. The van der Waals surface area contributed by atoms with Crippen LogP contribution in [0.3, 0.4) is 0 Å². The Labute approximate surface area is 143 Å². The second-order valence-corrected chi connectivity index (χ2v) is 5.37. The monoisotopic (exact) mass is 342 g/mol. The molecule has 128 valence electrons. The number of nitrogens with one attached hydrogen (secondary N) is 1. The molecule has 0 unspecified atom stereocenters. The standard InChI is InChI=1S/C18H15FN2O4/c1-24-18(23)13-7-2-3-8-14(13)20-17(22)16-10-15(21-25-16)11-5-4-6-12(19)9-11/h2-9,16H,10H2,1H3,(H,20,22)/t16-/m1/s1. The summed E-state index contributed by atoms with van der Waals surface area (Å²) in [6.45, 7) is 0. The van der Waals surface area contributed by atoms with Crippen molar-refractivity contribution in [3.05, 3.63) is 65.5 Å².